The highest BCUT2D eigenvalue weighted by molar-refractivity contribution is 7.90. The van der Waals surface area contributed by atoms with Gasteiger partial charge in [-0.2, -0.15) is 20.4 Å². The van der Waals surface area contributed by atoms with Gasteiger partial charge in [0.2, 0.25) is 0 Å². The first kappa shape index (κ1) is 16.4. The fourth-order valence-corrected chi connectivity index (χ4v) is 2.22. The third-order valence-electron chi connectivity index (χ3n) is 2.31. The average molecular weight is 340 g/mol. The van der Waals surface area contributed by atoms with Crippen LogP contribution in [0.4, 0.5) is 10.7 Å². The zero-order valence-corrected chi connectivity index (χ0v) is 12.9. The zero-order chi connectivity index (χ0) is 16.9. The molecule has 0 atom stereocenters. The van der Waals surface area contributed by atoms with E-state index in [-0.39, 0.29) is 16.9 Å². The van der Waals surface area contributed by atoms with Crippen molar-refractivity contribution in [2.24, 2.45) is 0 Å². The Kier molecular flexibility index (Phi) is 4.85. The maximum absolute atomic E-state index is 11.9. The van der Waals surface area contributed by atoms with Crippen molar-refractivity contribution in [1.29, 1.82) is 0 Å². The van der Waals surface area contributed by atoms with Crippen LogP contribution in [-0.4, -0.2) is 41.6 Å². The number of aromatic nitrogens is 4. The Morgan fingerprint density at radius 2 is 2.04 bits per heavy atom. The Bertz CT molecular complexity index is 798. The van der Waals surface area contributed by atoms with Crippen LogP contribution in [-0.2, 0) is 14.9 Å². The molecule has 2 N–H and O–H groups in total. The van der Waals surface area contributed by atoms with E-state index in [2.05, 4.69) is 30.3 Å². The topological polar surface area (TPSA) is 145 Å². The fourth-order valence-electron chi connectivity index (χ4n) is 1.38. The molecule has 0 unspecified atom stereocenters. The number of carbonyl (C=O) groups is 1. The van der Waals surface area contributed by atoms with Crippen LogP contribution in [0.1, 0.15) is 5.82 Å². The summed E-state index contributed by atoms with van der Waals surface area (Å²) in [6.07, 6.45) is 1.21. The van der Waals surface area contributed by atoms with Crippen LogP contribution < -0.4 is 14.9 Å². The van der Waals surface area contributed by atoms with Crippen molar-refractivity contribution < 1.29 is 22.8 Å². The summed E-state index contributed by atoms with van der Waals surface area (Å²) in [5.74, 6) is 0.189. The molecule has 0 aromatic carbocycles. The maximum Gasteiger partial charge on any atom is 0.445 e. The number of nitrogens with one attached hydrogen (secondary N) is 2. The van der Waals surface area contributed by atoms with E-state index in [0.717, 1.165) is 6.20 Å². The first-order valence-electron chi connectivity index (χ1n) is 6.07. The van der Waals surface area contributed by atoms with E-state index in [0.29, 0.717) is 5.82 Å². The molecule has 11 nitrogen and oxygen atoms in total. The predicted octanol–water partition coefficient (Wildman–Crippen LogP) is 0.0256. The molecule has 12 heteroatoms. The van der Waals surface area contributed by atoms with Crippen molar-refractivity contribution in [1.82, 2.24) is 24.7 Å². The lowest BCUT2D eigenvalue weighted by Crippen LogP contribution is -2.32. The summed E-state index contributed by atoms with van der Waals surface area (Å²) < 4.78 is 30.2. The fraction of sp³-hybridized carbons (Fsp3) is 0.182. The molecule has 0 bridgehead atoms. The van der Waals surface area contributed by atoms with Crippen LogP contribution in [0.2, 0.25) is 0 Å². The number of anilines is 1. The van der Waals surface area contributed by atoms with Crippen molar-refractivity contribution in [3.8, 4) is 6.01 Å². The Morgan fingerprint density at radius 3 is 2.70 bits per heavy atom. The van der Waals surface area contributed by atoms with Crippen molar-refractivity contribution in [2.45, 2.75) is 11.8 Å². The number of rotatable bonds is 5. The van der Waals surface area contributed by atoms with Crippen molar-refractivity contribution in [3.63, 3.8) is 0 Å². The van der Waals surface area contributed by atoms with Gasteiger partial charge in [0.1, 0.15) is 10.7 Å². The Labute approximate surface area is 131 Å². The van der Waals surface area contributed by atoms with E-state index < -0.39 is 16.1 Å². The van der Waals surface area contributed by atoms with E-state index in [1.54, 1.807) is 11.6 Å². The third kappa shape index (κ3) is 4.47. The summed E-state index contributed by atoms with van der Waals surface area (Å²) >= 11 is 0. The quantitative estimate of drug-likeness (QED) is 0.714. The first-order valence-corrected chi connectivity index (χ1v) is 7.55. The summed E-state index contributed by atoms with van der Waals surface area (Å²) in [6, 6.07) is 2.70. The molecular weight excluding hydrogens is 328 g/mol. The molecule has 0 spiro atoms. The van der Waals surface area contributed by atoms with Crippen molar-refractivity contribution >= 4 is 22.1 Å². The van der Waals surface area contributed by atoms with Crippen LogP contribution in [0.3, 0.4) is 0 Å². The van der Waals surface area contributed by atoms with Gasteiger partial charge in [0.15, 0.2) is 0 Å². The molecule has 0 fully saturated rings. The lowest BCUT2D eigenvalue weighted by Gasteiger charge is -2.08. The number of hydrogen-bond donors (Lipinski definition) is 2. The molecule has 2 rings (SSSR count). The molecule has 2 aromatic heterocycles. The highest BCUT2D eigenvalue weighted by atomic mass is 32.2. The van der Waals surface area contributed by atoms with Gasteiger partial charge in [0, 0.05) is 12.4 Å². The zero-order valence-electron chi connectivity index (χ0n) is 12.0. The van der Waals surface area contributed by atoms with Crippen LogP contribution in [0.15, 0.2) is 29.4 Å². The minimum Gasteiger partial charge on any atom is -0.467 e. The minimum absolute atomic E-state index is 0.00647. The number of pyridine rings is 1. The molecular formula is C11H12N6O5S. The molecule has 0 aliphatic carbocycles. The first-order chi connectivity index (χ1) is 10.9. The highest BCUT2D eigenvalue weighted by Crippen LogP contribution is 2.08. The van der Waals surface area contributed by atoms with Gasteiger partial charge in [-0.25, -0.2) is 17.9 Å². The second kappa shape index (κ2) is 6.83. The molecule has 122 valence electrons. The minimum atomic E-state index is -4.09. The Balaban J connectivity index is 1.99. The normalized spacial score (nSPS) is 10.7. The highest BCUT2D eigenvalue weighted by Gasteiger charge is 2.19. The SMILES string of the molecule is COc1nc(C)nc(NOC(=O)NS(=O)(=O)c2cccnc2)n1. The van der Waals surface area contributed by atoms with Gasteiger partial charge in [-0.15, -0.1) is 0 Å². The van der Waals surface area contributed by atoms with E-state index in [9.17, 15) is 13.2 Å². The van der Waals surface area contributed by atoms with Crippen LogP contribution >= 0.6 is 0 Å². The molecule has 2 heterocycles. The van der Waals surface area contributed by atoms with Gasteiger partial charge < -0.3 is 9.57 Å². The lowest BCUT2D eigenvalue weighted by atomic mass is 10.5. The van der Waals surface area contributed by atoms with E-state index in [4.69, 9.17) is 4.74 Å². The number of methoxy groups -OCH3 is 1. The number of ether oxygens (including phenoxy) is 1. The standard InChI is InChI=1S/C11H12N6O5S/c1-7-13-9(15-10(14-7)21-2)16-22-11(18)17-23(19,20)8-4-3-5-12-6-8/h3-6H,1-2H3,(H,17,18)(H,13,14,15,16). The third-order valence-corrected chi connectivity index (χ3v) is 3.60. The van der Waals surface area contributed by atoms with Crippen molar-refractivity contribution in [2.75, 3.05) is 12.6 Å². The average Bonchev–Trinajstić information content (AvgIpc) is 2.53. The summed E-state index contributed by atoms with van der Waals surface area (Å²) in [5, 5.41) is 0. The number of amides is 1. The Morgan fingerprint density at radius 1 is 1.26 bits per heavy atom. The Hall–Kier alpha value is -3.02. The largest absolute Gasteiger partial charge is 0.467 e. The van der Waals surface area contributed by atoms with Gasteiger partial charge in [-0.3, -0.25) is 4.98 Å². The van der Waals surface area contributed by atoms with Crippen LogP contribution in [0, 0.1) is 6.92 Å². The van der Waals surface area contributed by atoms with E-state index >= 15 is 0 Å². The second-order valence-electron chi connectivity index (χ2n) is 3.98. The number of hydrogen-bond acceptors (Lipinski definition) is 10. The summed E-state index contributed by atoms with van der Waals surface area (Å²) in [7, 11) is -2.74. The molecule has 0 aliphatic heterocycles. The second-order valence-corrected chi connectivity index (χ2v) is 5.66. The number of carbonyl (C=O) groups excluding carboxylic acids is 1. The monoisotopic (exact) mass is 340 g/mol. The number of sulfonamides is 1. The predicted molar refractivity (Wildman–Crippen MR) is 75.8 cm³/mol. The molecule has 23 heavy (non-hydrogen) atoms. The summed E-state index contributed by atoms with van der Waals surface area (Å²) in [4.78, 5) is 31.0. The van der Waals surface area contributed by atoms with Gasteiger partial charge in [0.25, 0.3) is 16.0 Å². The smallest absolute Gasteiger partial charge is 0.445 e. The molecule has 0 radical (unpaired) electrons. The maximum atomic E-state index is 11.9. The molecule has 1 amide bonds. The summed E-state index contributed by atoms with van der Waals surface area (Å²) in [6.45, 7) is 1.57. The van der Waals surface area contributed by atoms with E-state index in [1.165, 1.54) is 25.4 Å². The molecule has 0 aliphatic rings. The number of aryl methyl sites for hydroxylation is 1. The molecule has 0 saturated heterocycles. The number of nitrogens with zero attached hydrogens (tertiary/aromatic N) is 4. The van der Waals surface area contributed by atoms with Gasteiger partial charge in [-0.1, -0.05) is 0 Å². The van der Waals surface area contributed by atoms with Crippen LogP contribution in [0.25, 0.3) is 0 Å². The summed E-state index contributed by atoms with van der Waals surface area (Å²) in [5.41, 5.74) is 2.10. The van der Waals surface area contributed by atoms with Crippen molar-refractivity contribution in [3.05, 3.63) is 30.4 Å². The van der Waals surface area contributed by atoms with Gasteiger partial charge >= 0.3 is 12.1 Å². The van der Waals surface area contributed by atoms with Gasteiger partial charge in [-0.05, 0) is 19.1 Å². The molecule has 2 aromatic rings. The molecule has 0 saturated carbocycles. The van der Waals surface area contributed by atoms with E-state index in [1.807, 2.05) is 0 Å². The van der Waals surface area contributed by atoms with Crippen LogP contribution in [0.5, 0.6) is 6.01 Å². The lowest BCUT2D eigenvalue weighted by molar-refractivity contribution is 0.175. The van der Waals surface area contributed by atoms with Gasteiger partial charge in [0.05, 0.1) is 7.11 Å².